The summed E-state index contributed by atoms with van der Waals surface area (Å²) in [7, 11) is 0. The van der Waals surface area contributed by atoms with Gasteiger partial charge in [-0.25, -0.2) is 4.39 Å². The van der Waals surface area contributed by atoms with E-state index >= 15 is 0 Å². The molecule has 1 N–H and O–H groups in total. The molecule has 0 saturated carbocycles. The molecule has 2 aromatic carbocycles. The molecule has 0 saturated heterocycles. The average Bonchev–Trinajstić information content (AvgIpc) is 2.83. The lowest BCUT2D eigenvalue weighted by atomic mass is 10.1. The first-order valence-corrected chi connectivity index (χ1v) is 6.39. The van der Waals surface area contributed by atoms with E-state index in [2.05, 4.69) is 11.4 Å². The van der Waals surface area contributed by atoms with Gasteiger partial charge in [0.25, 0.3) is 5.91 Å². The van der Waals surface area contributed by atoms with Crippen LogP contribution in [0.1, 0.15) is 33.9 Å². The molecular formula is C16H14FNO. The summed E-state index contributed by atoms with van der Waals surface area (Å²) < 4.78 is 13.5. The van der Waals surface area contributed by atoms with Gasteiger partial charge in [-0.1, -0.05) is 36.4 Å². The molecule has 2 nitrogen and oxygen atoms in total. The van der Waals surface area contributed by atoms with Crippen LogP contribution in [-0.4, -0.2) is 5.91 Å². The Balaban J connectivity index is 1.81. The average molecular weight is 255 g/mol. The number of benzene rings is 2. The van der Waals surface area contributed by atoms with Crippen LogP contribution in [-0.2, 0) is 6.42 Å². The van der Waals surface area contributed by atoms with E-state index in [1.165, 1.54) is 17.7 Å². The van der Waals surface area contributed by atoms with Crippen molar-refractivity contribution >= 4 is 5.91 Å². The highest BCUT2D eigenvalue weighted by atomic mass is 19.1. The number of halogens is 1. The first-order chi connectivity index (χ1) is 9.25. The normalized spacial score (nSPS) is 17.0. The van der Waals surface area contributed by atoms with E-state index in [0.717, 1.165) is 18.4 Å². The lowest BCUT2D eigenvalue weighted by Crippen LogP contribution is -2.27. The van der Waals surface area contributed by atoms with Gasteiger partial charge in [0.2, 0.25) is 0 Å². The van der Waals surface area contributed by atoms with E-state index < -0.39 is 5.82 Å². The van der Waals surface area contributed by atoms with Crippen molar-refractivity contribution in [1.82, 2.24) is 5.32 Å². The molecule has 3 rings (SSSR count). The van der Waals surface area contributed by atoms with Gasteiger partial charge in [0, 0.05) is 0 Å². The minimum absolute atomic E-state index is 0.0108. The second-order valence-corrected chi connectivity index (χ2v) is 4.74. The van der Waals surface area contributed by atoms with Crippen molar-refractivity contribution in [2.24, 2.45) is 0 Å². The second kappa shape index (κ2) is 4.84. The third kappa shape index (κ3) is 2.24. The van der Waals surface area contributed by atoms with Crippen molar-refractivity contribution in [1.29, 1.82) is 0 Å². The number of aryl methyl sites for hydroxylation is 1. The zero-order chi connectivity index (χ0) is 13.2. The van der Waals surface area contributed by atoms with Crippen molar-refractivity contribution in [3.63, 3.8) is 0 Å². The molecule has 19 heavy (non-hydrogen) atoms. The molecule has 0 unspecified atom stereocenters. The monoisotopic (exact) mass is 255 g/mol. The fourth-order valence-corrected chi connectivity index (χ4v) is 2.59. The van der Waals surface area contributed by atoms with Gasteiger partial charge in [0.05, 0.1) is 11.6 Å². The summed E-state index contributed by atoms with van der Waals surface area (Å²) >= 11 is 0. The third-order valence-corrected chi connectivity index (χ3v) is 3.56. The van der Waals surface area contributed by atoms with Crippen molar-refractivity contribution in [3.05, 3.63) is 71.0 Å². The fourth-order valence-electron chi connectivity index (χ4n) is 2.59. The van der Waals surface area contributed by atoms with E-state index in [1.807, 2.05) is 18.2 Å². The summed E-state index contributed by atoms with van der Waals surface area (Å²) in [4.78, 5) is 12.1. The summed E-state index contributed by atoms with van der Waals surface area (Å²) in [5.41, 5.74) is 2.51. The molecule has 0 aliphatic heterocycles. The maximum Gasteiger partial charge on any atom is 0.254 e. The topological polar surface area (TPSA) is 29.1 Å². The van der Waals surface area contributed by atoms with Crippen LogP contribution >= 0.6 is 0 Å². The molecule has 1 aliphatic rings. The number of nitrogens with one attached hydrogen (secondary N) is 1. The van der Waals surface area contributed by atoms with Gasteiger partial charge in [-0.15, -0.1) is 0 Å². The SMILES string of the molecule is O=C(N[C@H]1CCc2ccccc21)c1ccccc1F. The van der Waals surface area contributed by atoms with E-state index in [0.29, 0.717) is 0 Å². The Hall–Kier alpha value is -2.16. The first kappa shape index (κ1) is 11.9. The predicted octanol–water partition coefficient (Wildman–Crippen LogP) is 3.24. The third-order valence-electron chi connectivity index (χ3n) is 3.56. The van der Waals surface area contributed by atoms with Crippen molar-refractivity contribution < 1.29 is 9.18 Å². The molecule has 96 valence electrons. The summed E-state index contributed by atoms with van der Waals surface area (Å²) in [6.45, 7) is 0. The first-order valence-electron chi connectivity index (χ1n) is 6.39. The summed E-state index contributed by atoms with van der Waals surface area (Å²) in [5.74, 6) is -0.828. The van der Waals surface area contributed by atoms with Crippen LogP contribution in [0.2, 0.25) is 0 Å². The van der Waals surface area contributed by atoms with Crippen LogP contribution in [0.5, 0.6) is 0 Å². The Morgan fingerprint density at radius 1 is 1.11 bits per heavy atom. The minimum atomic E-state index is -0.480. The molecule has 3 heteroatoms. The number of hydrogen-bond donors (Lipinski definition) is 1. The van der Waals surface area contributed by atoms with Gasteiger partial charge in [0.1, 0.15) is 5.82 Å². The molecule has 0 radical (unpaired) electrons. The summed E-state index contributed by atoms with van der Waals surface area (Å²) in [6, 6.07) is 14.1. The van der Waals surface area contributed by atoms with Crippen LogP contribution in [0, 0.1) is 5.82 Å². The maximum absolute atomic E-state index is 13.5. The number of carbonyl (C=O) groups is 1. The Labute approximate surface area is 111 Å². The van der Waals surface area contributed by atoms with Crippen molar-refractivity contribution in [2.45, 2.75) is 18.9 Å². The number of hydrogen-bond acceptors (Lipinski definition) is 1. The Morgan fingerprint density at radius 3 is 2.68 bits per heavy atom. The smallest absolute Gasteiger partial charge is 0.254 e. The predicted molar refractivity (Wildman–Crippen MR) is 71.4 cm³/mol. The molecule has 0 bridgehead atoms. The molecule has 0 fully saturated rings. The Bertz CT molecular complexity index is 624. The molecule has 0 aromatic heterocycles. The van der Waals surface area contributed by atoms with Crippen LogP contribution in [0.15, 0.2) is 48.5 Å². The number of amides is 1. The van der Waals surface area contributed by atoms with E-state index in [9.17, 15) is 9.18 Å². The van der Waals surface area contributed by atoms with Gasteiger partial charge < -0.3 is 5.32 Å². The van der Waals surface area contributed by atoms with Crippen LogP contribution in [0.3, 0.4) is 0 Å². The minimum Gasteiger partial charge on any atom is -0.345 e. The zero-order valence-electron chi connectivity index (χ0n) is 10.4. The van der Waals surface area contributed by atoms with Gasteiger partial charge in [0.15, 0.2) is 0 Å². The molecule has 1 atom stereocenters. The molecule has 1 aliphatic carbocycles. The van der Waals surface area contributed by atoms with Crippen molar-refractivity contribution in [3.8, 4) is 0 Å². The summed E-state index contributed by atoms with van der Waals surface area (Å²) in [6.07, 6.45) is 1.83. The molecule has 2 aromatic rings. The molecule has 1 amide bonds. The summed E-state index contributed by atoms with van der Waals surface area (Å²) in [5, 5.41) is 2.91. The van der Waals surface area contributed by atoms with E-state index in [1.54, 1.807) is 12.1 Å². The van der Waals surface area contributed by atoms with Crippen LogP contribution in [0.4, 0.5) is 4.39 Å². The van der Waals surface area contributed by atoms with Crippen LogP contribution in [0.25, 0.3) is 0 Å². The standard InChI is InChI=1S/C16H14FNO/c17-14-8-4-3-7-13(14)16(19)18-15-10-9-11-5-1-2-6-12(11)15/h1-8,15H,9-10H2,(H,18,19)/t15-/m0/s1. The highest BCUT2D eigenvalue weighted by Gasteiger charge is 2.24. The maximum atomic E-state index is 13.5. The number of fused-ring (bicyclic) bond motifs is 1. The Kier molecular flexibility index (Phi) is 3.03. The zero-order valence-corrected chi connectivity index (χ0v) is 10.4. The van der Waals surface area contributed by atoms with Crippen molar-refractivity contribution in [2.75, 3.05) is 0 Å². The lowest BCUT2D eigenvalue weighted by Gasteiger charge is -2.14. The van der Waals surface area contributed by atoms with Gasteiger partial charge in [-0.05, 0) is 36.1 Å². The van der Waals surface area contributed by atoms with Gasteiger partial charge in [-0.3, -0.25) is 4.79 Å². The lowest BCUT2D eigenvalue weighted by molar-refractivity contribution is 0.0932. The fraction of sp³-hybridized carbons (Fsp3) is 0.188. The van der Waals surface area contributed by atoms with Crippen LogP contribution < -0.4 is 5.32 Å². The van der Waals surface area contributed by atoms with Gasteiger partial charge in [-0.2, -0.15) is 0 Å². The molecule has 0 spiro atoms. The van der Waals surface area contributed by atoms with E-state index in [4.69, 9.17) is 0 Å². The van der Waals surface area contributed by atoms with E-state index in [-0.39, 0.29) is 17.5 Å². The highest BCUT2D eigenvalue weighted by Crippen LogP contribution is 2.30. The number of carbonyl (C=O) groups excluding carboxylic acids is 1. The largest absolute Gasteiger partial charge is 0.345 e. The van der Waals surface area contributed by atoms with Gasteiger partial charge >= 0.3 is 0 Å². The molecule has 0 heterocycles. The Morgan fingerprint density at radius 2 is 1.84 bits per heavy atom. The molecular weight excluding hydrogens is 241 g/mol. The quantitative estimate of drug-likeness (QED) is 0.877. The highest BCUT2D eigenvalue weighted by molar-refractivity contribution is 5.94. The number of rotatable bonds is 2. The second-order valence-electron chi connectivity index (χ2n) is 4.74.